The van der Waals surface area contributed by atoms with Gasteiger partial charge in [-0.2, -0.15) is 26.3 Å². The molecule has 1 aromatic rings. The fourth-order valence-electron chi connectivity index (χ4n) is 4.20. The molecule has 0 unspecified atom stereocenters. The third kappa shape index (κ3) is 8.84. The van der Waals surface area contributed by atoms with Crippen LogP contribution in [0.5, 0.6) is 0 Å². The third-order valence-corrected chi connectivity index (χ3v) is 6.12. The van der Waals surface area contributed by atoms with Crippen molar-refractivity contribution in [2.24, 2.45) is 11.3 Å². The molecule has 0 radical (unpaired) electrons. The first-order valence-corrected chi connectivity index (χ1v) is 11.0. The van der Waals surface area contributed by atoms with E-state index in [0.717, 1.165) is 18.0 Å². The summed E-state index contributed by atoms with van der Waals surface area (Å²) in [5, 5.41) is 21.6. The molecule has 2 atom stereocenters. The summed E-state index contributed by atoms with van der Waals surface area (Å²) in [6.07, 6.45) is -2.45. The quantitative estimate of drug-likeness (QED) is 0.437. The molecule has 1 aliphatic heterocycles. The molecule has 4 rings (SSSR count). The molecular formula is C23H28F6N2O4. The summed E-state index contributed by atoms with van der Waals surface area (Å²) in [7, 11) is 0. The minimum absolute atomic E-state index is 0.690. The molecule has 3 fully saturated rings. The van der Waals surface area contributed by atoms with Gasteiger partial charge in [-0.25, -0.2) is 9.59 Å². The third-order valence-electron chi connectivity index (χ3n) is 6.12. The highest BCUT2D eigenvalue weighted by atomic mass is 19.4. The second-order valence-electron chi connectivity index (χ2n) is 8.91. The Bertz CT molecular complexity index is 866. The van der Waals surface area contributed by atoms with E-state index in [1.54, 1.807) is 5.57 Å². The van der Waals surface area contributed by atoms with Gasteiger partial charge in [0.2, 0.25) is 0 Å². The Morgan fingerprint density at radius 3 is 1.89 bits per heavy atom. The molecule has 2 aliphatic carbocycles. The predicted octanol–water partition coefficient (Wildman–Crippen LogP) is 4.48. The maximum absolute atomic E-state index is 10.6. The van der Waals surface area contributed by atoms with E-state index in [2.05, 4.69) is 54.0 Å². The topological polar surface area (TPSA) is 98.7 Å². The van der Waals surface area contributed by atoms with E-state index in [1.807, 2.05) is 0 Å². The summed E-state index contributed by atoms with van der Waals surface area (Å²) in [6, 6.07) is 12.3. The van der Waals surface area contributed by atoms with Crippen LogP contribution in [0.1, 0.15) is 38.2 Å². The summed E-state index contributed by atoms with van der Waals surface area (Å²) in [4.78, 5) is 17.8. The normalized spacial score (nSPS) is 23.0. The second-order valence-corrected chi connectivity index (χ2v) is 8.91. The van der Waals surface area contributed by atoms with Crippen LogP contribution in [0.3, 0.4) is 0 Å². The minimum atomic E-state index is -5.08. The summed E-state index contributed by atoms with van der Waals surface area (Å²) >= 11 is 0. The summed E-state index contributed by atoms with van der Waals surface area (Å²) in [6.45, 7) is 4.81. The van der Waals surface area contributed by atoms with Crippen LogP contribution in [0.25, 0.3) is 6.08 Å². The van der Waals surface area contributed by atoms with Crippen molar-refractivity contribution >= 4 is 18.0 Å². The highest BCUT2D eigenvalue weighted by Gasteiger charge is 2.51. The second kappa shape index (κ2) is 11.4. The van der Waals surface area contributed by atoms with Gasteiger partial charge in [0.25, 0.3) is 0 Å². The largest absolute Gasteiger partial charge is 0.490 e. The van der Waals surface area contributed by atoms with Gasteiger partial charge in [0.1, 0.15) is 0 Å². The molecule has 35 heavy (non-hydrogen) atoms. The number of carbonyl (C=O) groups is 2. The van der Waals surface area contributed by atoms with Crippen LogP contribution in [-0.4, -0.2) is 59.7 Å². The monoisotopic (exact) mass is 510 g/mol. The molecule has 12 heteroatoms. The molecule has 0 aromatic heterocycles. The summed E-state index contributed by atoms with van der Waals surface area (Å²) in [5.74, 6) is -4.73. The molecule has 0 bridgehead atoms. The van der Waals surface area contributed by atoms with E-state index in [4.69, 9.17) is 19.8 Å². The molecule has 3 aliphatic rings. The lowest BCUT2D eigenvalue weighted by Crippen LogP contribution is -2.64. The summed E-state index contributed by atoms with van der Waals surface area (Å²) in [5.41, 5.74) is 3.66. The molecule has 4 N–H and O–H groups in total. The Labute approximate surface area is 198 Å². The summed E-state index contributed by atoms with van der Waals surface area (Å²) < 4.78 is 63.5. The lowest BCUT2D eigenvalue weighted by atomic mass is 9.61. The number of nitrogens with one attached hydrogen (secondary N) is 2. The number of carboxylic acids is 2. The zero-order chi connectivity index (χ0) is 26.4. The highest BCUT2D eigenvalue weighted by Crippen LogP contribution is 2.47. The Morgan fingerprint density at radius 2 is 1.51 bits per heavy atom. The Kier molecular flexibility index (Phi) is 9.35. The number of hydrogen-bond donors (Lipinski definition) is 4. The van der Waals surface area contributed by atoms with Crippen molar-refractivity contribution in [3.63, 3.8) is 0 Å². The van der Waals surface area contributed by atoms with Gasteiger partial charge in [-0.3, -0.25) is 0 Å². The van der Waals surface area contributed by atoms with Crippen LogP contribution in [0.15, 0.2) is 35.9 Å². The van der Waals surface area contributed by atoms with Gasteiger partial charge in [0, 0.05) is 25.2 Å². The van der Waals surface area contributed by atoms with Crippen molar-refractivity contribution in [3.8, 4) is 0 Å². The van der Waals surface area contributed by atoms with Gasteiger partial charge >= 0.3 is 24.3 Å². The van der Waals surface area contributed by atoms with Gasteiger partial charge in [-0.05, 0) is 42.6 Å². The average Bonchev–Trinajstić information content (AvgIpc) is 3.46. The molecular weight excluding hydrogens is 482 g/mol. The van der Waals surface area contributed by atoms with E-state index >= 15 is 0 Å². The van der Waals surface area contributed by atoms with E-state index < -0.39 is 24.3 Å². The van der Waals surface area contributed by atoms with E-state index in [0.29, 0.717) is 5.41 Å². The maximum atomic E-state index is 10.6. The van der Waals surface area contributed by atoms with Crippen LogP contribution in [0.2, 0.25) is 0 Å². The van der Waals surface area contributed by atoms with Crippen molar-refractivity contribution in [2.45, 2.75) is 57.0 Å². The van der Waals surface area contributed by atoms with E-state index in [9.17, 15) is 26.3 Å². The molecule has 1 spiro atoms. The average molecular weight is 510 g/mol. The van der Waals surface area contributed by atoms with Crippen LogP contribution in [0.4, 0.5) is 26.3 Å². The first-order chi connectivity index (χ1) is 16.2. The molecule has 1 aromatic carbocycles. The van der Waals surface area contributed by atoms with Crippen LogP contribution in [-0.2, 0) is 9.59 Å². The molecule has 1 saturated heterocycles. The highest BCUT2D eigenvalue weighted by molar-refractivity contribution is 5.73. The Morgan fingerprint density at radius 1 is 1.03 bits per heavy atom. The molecule has 196 valence electrons. The lowest BCUT2D eigenvalue weighted by Gasteiger charge is -2.54. The Balaban J connectivity index is 0.000000257. The van der Waals surface area contributed by atoms with E-state index in [-0.39, 0.29) is 0 Å². The standard InChI is InChI=1S/C19H26N2.2C2HF3O2/c1-2-15(8-14-6-4-3-5-7-14)17-9-18(17)21-16-10-19(11-16)12-20-13-19;2*3-2(4,5)1(6)7/h3-8,16-18,20-21H,2,9-13H2,1H3;2*(H,6,7)/t17-,18+;;/m0../s1. The molecule has 0 amide bonds. The molecule has 6 nitrogen and oxygen atoms in total. The van der Waals surface area contributed by atoms with Gasteiger partial charge in [0.15, 0.2) is 0 Å². The van der Waals surface area contributed by atoms with Gasteiger partial charge < -0.3 is 20.8 Å². The van der Waals surface area contributed by atoms with Gasteiger partial charge in [0.05, 0.1) is 0 Å². The van der Waals surface area contributed by atoms with Gasteiger partial charge in [-0.15, -0.1) is 0 Å². The van der Waals surface area contributed by atoms with Crippen LogP contribution < -0.4 is 10.6 Å². The van der Waals surface area contributed by atoms with Crippen LogP contribution >= 0.6 is 0 Å². The minimum Gasteiger partial charge on any atom is -0.475 e. The first kappa shape index (κ1) is 28.6. The van der Waals surface area contributed by atoms with Crippen molar-refractivity contribution in [1.82, 2.24) is 10.6 Å². The maximum Gasteiger partial charge on any atom is 0.490 e. The van der Waals surface area contributed by atoms with Crippen LogP contribution in [0, 0.1) is 11.3 Å². The molecule has 2 saturated carbocycles. The number of halogens is 6. The Hall–Kier alpha value is -2.60. The fourth-order valence-corrected chi connectivity index (χ4v) is 4.20. The number of aliphatic carboxylic acids is 2. The number of rotatable bonds is 5. The zero-order valence-corrected chi connectivity index (χ0v) is 18.9. The molecule has 1 heterocycles. The number of carboxylic acid groups (broad SMARTS) is 2. The van der Waals surface area contributed by atoms with Crippen molar-refractivity contribution in [3.05, 3.63) is 41.5 Å². The number of alkyl halides is 6. The zero-order valence-electron chi connectivity index (χ0n) is 18.9. The predicted molar refractivity (Wildman–Crippen MR) is 115 cm³/mol. The van der Waals surface area contributed by atoms with E-state index in [1.165, 1.54) is 44.3 Å². The van der Waals surface area contributed by atoms with Crippen molar-refractivity contribution in [2.75, 3.05) is 13.1 Å². The smallest absolute Gasteiger partial charge is 0.475 e. The van der Waals surface area contributed by atoms with Gasteiger partial charge in [-0.1, -0.05) is 48.9 Å². The SMILES string of the molecule is CCC(=Cc1ccccc1)[C@@H]1C[C@H]1NC1CC2(CNC2)C1.O=C(O)C(F)(F)F.O=C(O)C(F)(F)F. The van der Waals surface area contributed by atoms with Crippen molar-refractivity contribution in [1.29, 1.82) is 0 Å². The van der Waals surface area contributed by atoms with Crippen molar-refractivity contribution < 1.29 is 46.1 Å². The fraction of sp³-hybridized carbons (Fsp3) is 0.565. The lowest BCUT2D eigenvalue weighted by molar-refractivity contribution is -0.193. The first-order valence-electron chi connectivity index (χ1n) is 11.0. The number of hydrogen-bond acceptors (Lipinski definition) is 4. The number of benzene rings is 1.